The van der Waals surface area contributed by atoms with E-state index in [-0.39, 0.29) is 17.5 Å². The van der Waals surface area contributed by atoms with E-state index in [2.05, 4.69) is 80.4 Å². The summed E-state index contributed by atoms with van der Waals surface area (Å²) in [4.78, 5) is 13.0. The minimum atomic E-state index is -0.255. The van der Waals surface area contributed by atoms with Crippen molar-refractivity contribution in [2.45, 2.75) is 38.2 Å². The first-order valence-electron chi connectivity index (χ1n) is 10.3. The number of hydrogen-bond donors (Lipinski definition) is 0. The third-order valence-electron chi connectivity index (χ3n) is 5.97. The van der Waals surface area contributed by atoms with Gasteiger partial charge in [-0.2, -0.15) is 0 Å². The summed E-state index contributed by atoms with van der Waals surface area (Å²) in [5, 5.41) is 0. The highest BCUT2D eigenvalue weighted by molar-refractivity contribution is 9.11. The first-order chi connectivity index (χ1) is 14.5. The molecule has 0 amide bonds. The molecule has 3 aromatic carbocycles. The van der Waals surface area contributed by atoms with Crippen LogP contribution in [0.2, 0.25) is 0 Å². The van der Waals surface area contributed by atoms with Crippen LogP contribution in [0.4, 0.5) is 0 Å². The molecule has 30 heavy (non-hydrogen) atoms. The highest BCUT2D eigenvalue weighted by Crippen LogP contribution is 2.46. The zero-order valence-corrected chi connectivity index (χ0v) is 19.9. The molecular formula is C26H24Br2O2. The Bertz CT molecular complexity index is 940. The number of rotatable bonds is 6. The fourth-order valence-corrected chi connectivity index (χ4v) is 5.92. The summed E-state index contributed by atoms with van der Waals surface area (Å²) in [5.74, 6) is -0.255. The first-order valence-corrected chi connectivity index (χ1v) is 11.9. The fourth-order valence-electron chi connectivity index (χ4n) is 4.63. The monoisotopic (exact) mass is 526 g/mol. The summed E-state index contributed by atoms with van der Waals surface area (Å²) in [6.07, 6.45) is 4.73. The van der Waals surface area contributed by atoms with Crippen molar-refractivity contribution in [1.29, 1.82) is 0 Å². The predicted molar refractivity (Wildman–Crippen MR) is 128 cm³/mol. The SMILES string of the molecule is O=C(O[C@@H]1CCCC1(Cc1ccccc1)Cc1ccccc1)c1cc(Br)cc(Br)c1. The van der Waals surface area contributed by atoms with E-state index in [1.807, 2.05) is 30.3 Å². The molecule has 1 atom stereocenters. The average Bonchev–Trinajstić information content (AvgIpc) is 3.10. The van der Waals surface area contributed by atoms with Gasteiger partial charge in [0.15, 0.2) is 0 Å². The van der Waals surface area contributed by atoms with Crippen LogP contribution in [0.15, 0.2) is 87.8 Å². The van der Waals surface area contributed by atoms with Crippen molar-refractivity contribution in [2.24, 2.45) is 5.41 Å². The molecule has 1 aliphatic carbocycles. The summed E-state index contributed by atoms with van der Waals surface area (Å²) in [6.45, 7) is 0. The van der Waals surface area contributed by atoms with Gasteiger partial charge in [-0.25, -0.2) is 4.79 Å². The fraction of sp³-hybridized carbons (Fsp3) is 0.269. The van der Waals surface area contributed by atoms with Gasteiger partial charge < -0.3 is 4.74 Å². The molecule has 1 fully saturated rings. The van der Waals surface area contributed by atoms with Gasteiger partial charge in [0.1, 0.15) is 6.10 Å². The number of benzene rings is 3. The Morgan fingerprint density at radius 2 is 1.40 bits per heavy atom. The van der Waals surface area contributed by atoms with Gasteiger partial charge in [-0.1, -0.05) is 92.5 Å². The summed E-state index contributed by atoms with van der Waals surface area (Å²) in [7, 11) is 0. The summed E-state index contributed by atoms with van der Waals surface area (Å²) in [6, 6.07) is 26.7. The molecule has 0 aromatic heterocycles. The third kappa shape index (κ3) is 5.04. The minimum Gasteiger partial charge on any atom is -0.458 e. The van der Waals surface area contributed by atoms with Crippen molar-refractivity contribution in [1.82, 2.24) is 0 Å². The molecule has 154 valence electrons. The van der Waals surface area contributed by atoms with E-state index in [0.29, 0.717) is 5.56 Å². The van der Waals surface area contributed by atoms with Crippen LogP contribution in [0.5, 0.6) is 0 Å². The van der Waals surface area contributed by atoms with Gasteiger partial charge in [-0.05, 0) is 61.4 Å². The molecule has 0 saturated heterocycles. The molecule has 2 nitrogen and oxygen atoms in total. The normalized spacial score (nSPS) is 17.6. The van der Waals surface area contributed by atoms with Crippen molar-refractivity contribution in [3.8, 4) is 0 Å². The molecule has 3 aromatic rings. The molecule has 0 radical (unpaired) electrons. The lowest BCUT2D eigenvalue weighted by atomic mass is 9.73. The number of esters is 1. The quantitative estimate of drug-likeness (QED) is 0.312. The number of carbonyl (C=O) groups excluding carboxylic acids is 1. The van der Waals surface area contributed by atoms with Crippen LogP contribution >= 0.6 is 31.9 Å². The van der Waals surface area contributed by atoms with Crippen LogP contribution in [0.25, 0.3) is 0 Å². The highest BCUT2D eigenvalue weighted by Gasteiger charge is 2.45. The Morgan fingerprint density at radius 3 is 1.93 bits per heavy atom. The van der Waals surface area contributed by atoms with Gasteiger partial charge in [0.05, 0.1) is 5.56 Å². The van der Waals surface area contributed by atoms with E-state index in [4.69, 9.17) is 4.74 Å². The second kappa shape index (κ2) is 9.49. The molecule has 0 spiro atoms. The molecule has 0 bridgehead atoms. The van der Waals surface area contributed by atoms with E-state index < -0.39 is 0 Å². The van der Waals surface area contributed by atoms with E-state index in [9.17, 15) is 4.79 Å². The maximum atomic E-state index is 13.0. The Labute approximate surface area is 194 Å². The average molecular weight is 528 g/mol. The van der Waals surface area contributed by atoms with Gasteiger partial charge in [-0.15, -0.1) is 0 Å². The summed E-state index contributed by atoms with van der Waals surface area (Å²) in [5.41, 5.74) is 3.06. The maximum absolute atomic E-state index is 13.0. The van der Waals surface area contributed by atoms with E-state index in [1.165, 1.54) is 11.1 Å². The maximum Gasteiger partial charge on any atom is 0.338 e. The van der Waals surface area contributed by atoms with Crippen molar-refractivity contribution in [3.05, 3.63) is 104 Å². The topological polar surface area (TPSA) is 26.3 Å². The van der Waals surface area contributed by atoms with E-state index in [0.717, 1.165) is 41.0 Å². The van der Waals surface area contributed by atoms with Crippen molar-refractivity contribution in [2.75, 3.05) is 0 Å². The minimum absolute atomic E-state index is 0.0956. The molecule has 0 unspecified atom stereocenters. The Kier molecular flexibility index (Phi) is 6.74. The van der Waals surface area contributed by atoms with Crippen molar-refractivity contribution >= 4 is 37.8 Å². The van der Waals surface area contributed by atoms with Crippen LogP contribution in [-0.2, 0) is 17.6 Å². The molecular weight excluding hydrogens is 504 g/mol. The summed E-state index contributed by atoms with van der Waals surface area (Å²) < 4.78 is 7.90. The third-order valence-corrected chi connectivity index (χ3v) is 6.89. The van der Waals surface area contributed by atoms with Crippen LogP contribution in [-0.4, -0.2) is 12.1 Å². The van der Waals surface area contributed by atoms with Crippen LogP contribution in [0.3, 0.4) is 0 Å². The van der Waals surface area contributed by atoms with Crippen LogP contribution in [0.1, 0.15) is 40.7 Å². The number of hydrogen-bond acceptors (Lipinski definition) is 2. The van der Waals surface area contributed by atoms with Gasteiger partial charge in [0.25, 0.3) is 0 Å². The first kappa shape index (κ1) is 21.3. The Balaban J connectivity index is 1.63. The van der Waals surface area contributed by atoms with Gasteiger partial charge in [-0.3, -0.25) is 0 Å². The van der Waals surface area contributed by atoms with E-state index >= 15 is 0 Å². The van der Waals surface area contributed by atoms with Crippen molar-refractivity contribution < 1.29 is 9.53 Å². The molecule has 1 saturated carbocycles. The van der Waals surface area contributed by atoms with Gasteiger partial charge in [0.2, 0.25) is 0 Å². The molecule has 0 aliphatic heterocycles. The van der Waals surface area contributed by atoms with Crippen LogP contribution < -0.4 is 0 Å². The Hall–Kier alpha value is -1.91. The van der Waals surface area contributed by atoms with Crippen LogP contribution in [0, 0.1) is 5.41 Å². The van der Waals surface area contributed by atoms with Gasteiger partial charge in [0, 0.05) is 14.4 Å². The van der Waals surface area contributed by atoms with Crippen molar-refractivity contribution in [3.63, 3.8) is 0 Å². The number of carbonyl (C=O) groups is 1. The number of halogens is 2. The smallest absolute Gasteiger partial charge is 0.338 e. The van der Waals surface area contributed by atoms with E-state index in [1.54, 1.807) is 0 Å². The largest absolute Gasteiger partial charge is 0.458 e. The molecule has 4 rings (SSSR count). The zero-order chi connectivity index (χ0) is 21.0. The Morgan fingerprint density at radius 1 is 0.867 bits per heavy atom. The molecule has 0 heterocycles. The van der Waals surface area contributed by atoms with Gasteiger partial charge >= 0.3 is 5.97 Å². The zero-order valence-electron chi connectivity index (χ0n) is 16.7. The predicted octanol–water partition coefficient (Wildman–Crippen LogP) is 7.39. The second-order valence-electron chi connectivity index (χ2n) is 8.13. The molecule has 4 heteroatoms. The lowest BCUT2D eigenvalue weighted by Crippen LogP contribution is -2.38. The summed E-state index contributed by atoms with van der Waals surface area (Å²) >= 11 is 6.93. The lowest BCUT2D eigenvalue weighted by molar-refractivity contribution is -0.00585. The standard InChI is InChI=1S/C26H24Br2O2/c27-22-14-21(15-23(28)16-22)25(29)30-24-12-7-13-26(24,17-19-8-3-1-4-9-19)18-20-10-5-2-6-11-20/h1-6,8-11,14-16,24H,7,12-13,17-18H2/t24-/m1/s1. The molecule has 0 N–H and O–H groups in total. The molecule has 1 aliphatic rings. The second-order valence-corrected chi connectivity index (χ2v) is 9.96. The highest BCUT2D eigenvalue weighted by atomic mass is 79.9. The number of ether oxygens (including phenoxy) is 1. The lowest BCUT2D eigenvalue weighted by Gasteiger charge is -2.36.